The second-order valence-electron chi connectivity index (χ2n) is 8.12. The summed E-state index contributed by atoms with van der Waals surface area (Å²) in [6, 6.07) is 3.88. The number of nitrogens with one attached hydrogen (secondary N) is 1. The summed E-state index contributed by atoms with van der Waals surface area (Å²) in [6.07, 6.45) is 6.10. The van der Waals surface area contributed by atoms with E-state index < -0.39 is 0 Å². The van der Waals surface area contributed by atoms with Crippen LogP contribution in [0.3, 0.4) is 0 Å². The third-order valence-corrected chi connectivity index (χ3v) is 6.36. The topological polar surface area (TPSA) is 77.4 Å². The molecule has 3 aliphatic rings. The molecule has 2 saturated heterocycles. The predicted molar refractivity (Wildman–Crippen MR) is 112 cm³/mol. The maximum atomic E-state index is 12.5. The first-order valence-electron chi connectivity index (χ1n) is 10.9. The summed E-state index contributed by atoms with van der Waals surface area (Å²) in [4.78, 5) is 21.1. The molecule has 4 rings (SSSR count). The Morgan fingerprint density at radius 2 is 1.93 bits per heavy atom. The number of carbonyl (C=O) groups is 1. The number of aryl methyl sites for hydroxylation is 1. The average Bonchev–Trinajstić information content (AvgIpc) is 3.30. The van der Waals surface area contributed by atoms with Crippen LogP contribution in [-0.2, 0) is 28.9 Å². The van der Waals surface area contributed by atoms with Gasteiger partial charge in [0.05, 0.1) is 0 Å². The highest BCUT2D eigenvalue weighted by Crippen LogP contribution is 2.30. The molecule has 2 N–H and O–H groups in total. The third kappa shape index (κ3) is 4.34. The molecular weight excluding hydrogens is 368 g/mol. The number of ether oxygens (including phenoxy) is 1. The van der Waals surface area contributed by atoms with Crippen LogP contribution in [-0.4, -0.2) is 72.7 Å². The molecule has 2 aliphatic heterocycles. The fourth-order valence-electron chi connectivity index (χ4n) is 4.70. The Morgan fingerprint density at radius 3 is 2.66 bits per heavy atom. The number of carbonyl (C=O) groups excluding carboxylic acids is 1. The van der Waals surface area contributed by atoms with Crippen molar-refractivity contribution in [2.75, 3.05) is 39.8 Å². The molecule has 29 heavy (non-hydrogen) atoms. The number of phenolic OH excluding ortho intramolecular Hbond substituents is 1. The number of phenols is 1. The molecule has 1 amide bonds. The van der Waals surface area contributed by atoms with E-state index in [0.717, 1.165) is 50.3 Å². The number of guanidine groups is 1. The molecule has 0 bridgehead atoms. The van der Waals surface area contributed by atoms with Crippen molar-refractivity contribution in [2.24, 2.45) is 4.99 Å². The largest absolute Gasteiger partial charge is 0.508 e. The van der Waals surface area contributed by atoms with Crippen LogP contribution in [0.4, 0.5) is 0 Å². The number of hydrogen-bond donors (Lipinski definition) is 2. The van der Waals surface area contributed by atoms with Crippen LogP contribution < -0.4 is 5.32 Å². The SMILES string of the molecule is CN=C(NCc1c(O)ccc2c1CCCC2)N1CCN(C(=O)C2CCCO2)CC1. The van der Waals surface area contributed by atoms with Crippen molar-refractivity contribution in [3.05, 3.63) is 28.8 Å². The van der Waals surface area contributed by atoms with Crippen LogP contribution in [0.5, 0.6) is 5.75 Å². The fourth-order valence-corrected chi connectivity index (χ4v) is 4.70. The normalized spacial score (nSPS) is 22.5. The van der Waals surface area contributed by atoms with Crippen molar-refractivity contribution in [1.29, 1.82) is 0 Å². The first kappa shape index (κ1) is 20.0. The Hall–Kier alpha value is -2.28. The van der Waals surface area contributed by atoms with Crippen molar-refractivity contribution in [2.45, 2.75) is 51.2 Å². The molecule has 7 heteroatoms. The Kier molecular flexibility index (Phi) is 6.23. The molecule has 158 valence electrons. The molecule has 1 unspecified atom stereocenters. The Labute approximate surface area is 172 Å². The Bertz CT molecular complexity index is 766. The second kappa shape index (κ2) is 9.03. The quantitative estimate of drug-likeness (QED) is 0.596. The van der Waals surface area contributed by atoms with Crippen LogP contribution in [0, 0.1) is 0 Å². The molecule has 1 aromatic rings. The van der Waals surface area contributed by atoms with E-state index in [1.165, 1.54) is 24.0 Å². The van der Waals surface area contributed by atoms with E-state index in [4.69, 9.17) is 4.74 Å². The van der Waals surface area contributed by atoms with Gasteiger partial charge in [-0.1, -0.05) is 6.07 Å². The number of amides is 1. The molecule has 2 fully saturated rings. The summed E-state index contributed by atoms with van der Waals surface area (Å²) in [5.74, 6) is 1.31. The summed E-state index contributed by atoms with van der Waals surface area (Å²) in [5.41, 5.74) is 3.66. The van der Waals surface area contributed by atoms with Crippen molar-refractivity contribution in [3.63, 3.8) is 0 Å². The van der Waals surface area contributed by atoms with E-state index >= 15 is 0 Å². The Morgan fingerprint density at radius 1 is 1.17 bits per heavy atom. The number of aliphatic imine (C=N–C) groups is 1. The summed E-state index contributed by atoms with van der Waals surface area (Å²) in [6.45, 7) is 4.13. The van der Waals surface area contributed by atoms with Gasteiger partial charge in [0, 0.05) is 51.9 Å². The summed E-state index contributed by atoms with van der Waals surface area (Å²) in [7, 11) is 1.78. The van der Waals surface area contributed by atoms with E-state index in [2.05, 4.69) is 21.3 Å². The number of rotatable bonds is 3. The molecule has 1 aromatic carbocycles. The van der Waals surface area contributed by atoms with Gasteiger partial charge in [0.1, 0.15) is 11.9 Å². The zero-order valence-corrected chi connectivity index (χ0v) is 17.3. The molecule has 1 aliphatic carbocycles. The van der Waals surface area contributed by atoms with Gasteiger partial charge in [0.15, 0.2) is 5.96 Å². The van der Waals surface area contributed by atoms with Gasteiger partial charge in [0.25, 0.3) is 5.91 Å². The first-order valence-corrected chi connectivity index (χ1v) is 10.9. The zero-order chi connectivity index (χ0) is 20.2. The highest BCUT2D eigenvalue weighted by atomic mass is 16.5. The van der Waals surface area contributed by atoms with E-state index in [1.807, 2.05) is 11.0 Å². The molecule has 0 radical (unpaired) electrons. The number of hydrogen-bond acceptors (Lipinski definition) is 4. The molecule has 1 atom stereocenters. The number of aromatic hydroxyl groups is 1. The lowest BCUT2D eigenvalue weighted by atomic mass is 9.88. The van der Waals surface area contributed by atoms with Crippen molar-refractivity contribution >= 4 is 11.9 Å². The lowest BCUT2D eigenvalue weighted by Gasteiger charge is -2.37. The molecule has 0 aromatic heterocycles. The fraction of sp³-hybridized carbons (Fsp3) is 0.636. The van der Waals surface area contributed by atoms with Gasteiger partial charge >= 0.3 is 0 Å². The Balaban J connectivity index is 1.34. The van der Waals surface area contributed by atoms with Gasteiger partial charge < -0.3 is 25.0 Å². The number of nitrogens with zero attached hydrogens (tertiary/aromatic N) is 3. The van der Waals surface area contributed by atoms with Crippen molar-refractivity contribution < 1.29 is 14.6 Å². The summed E-state index contributed by atoms with van der Waals surface area (Å²) in [5, 5.41) is 13.8. The monoisotopic (exact) mass is 400 g/mol. The maximum absolute atomic E-state index is 12.5. The summed E-state index contributed by atoms with van der Waals surface area (Å²) >= 11 is 0. The van der Waals surface area contributed by atoms with Gasteiger partial charge in [-0.25, -0.2) is 0 Å². The number of piperazine rings is 1. The van der Waals surface area contributed by atoms with Gasteiger partial charge in [-0.2, -0.15) is 0 Å². The predicted octanol–water partition coefficient (Wildman–Crippen LogP) is 1.67. The molecule has 0 saturated carbocycles. The summed E-state index contributed by atoms with van der Waals surface area (Å²) < 4.78 is 5.54. The third-order valence-electron chi connectivity index (χ3n) is 6.36. The molecular formula is C22H32N4O3. The highest BCUT2D eigenvalue weighted by Gasteiger charge is 2.31. The van der Waals surface area contributed by atoms with E-state index in [1.54, 1.807) is 7.05 Å². The molecule has 2 heterocycles. The van der Waals surface area contributed by atoms with Crippen LogP contribution in [0.25, 0.3) is 0 Å². The van der Waals surface area contributed by atoms with Gasteiger partial charge in [-0.05, 0) is 55.7 Å². The van der Waals surface area contributed by atoms with Crippen LogP contribution in [0.15, 0.2) is 17.1 Å². The van der Waals surface area contributed by atoms with E-state index in [-0.39, 0.29) is 12.0 Å². The minimum Gasteiger partial charge on any atom is -0.508 e. The first-order chi connectivity index (χ1) is 14.2. The lowest BCUT2D eigenvalue weighted by Crippen LogP contribution is -2.55. The van der Waals surface area contributed by atoms with Gasteiger partial charge in [-0.15, -0.1) is 0 Å². The van der Waals surface area contributed by atoms with Crippen LogP contribution in [0.1, 0.15) is 42.4 Å². The van der Waals surface area contributed by atoms with E-state index in [9.17, 15) is 9.90 Å². The number of benzene rings is 1. The minimum absolute atomic E-state index is 0.130. The minimum atomic E-state index is -0.244. The maximum Gasteiger partial charge on any atom is 0.251 e. The smallest absolute Gasteiger partial charge is 0.251 e. The highest BCUT2D eigenvalue weighted by molar-refractivity contribution is 5.83. The molecule has 7 nitrogen and oxygen atoms in total. The van der Waals surface area contributed by atoms with Gasteiger partial charge in [0.2, 0.25) is 0 Å². The average molecular weight is 401 g/mol. The standard InChI is InChI=1S/C22H32N4O3/c1-23-22(24-15-18-17-6-3-2-5-16(17)8-9-19(18)27)26-12-10-25(11-13-26)21(28)20-7-4-14-29-20/h8-9,20,27H,2-7,10-15H2,1H3,(H,23,24). The molecule has 0 spiro atoms. The zero-order valence-electron chi connectivity index (χ0n) is 17.3. The van der Waals surface area contributed by atoms with Crippen LogP contribution >= 0.6 is 0 Å². The lowest BCUT2D eigenvalue weighted by molar-refractivity contribution is -0.142. The van der Waals surface area contributed by atoms with Crippen LogP contribution in [0.2, 0.25) is 0 Å². The number of fused-ring (bicyclic) bond motifs is 1. The van der Waals surface area contributed by atoms with E-state index in [0.29, 0.717) is 32.0 Å². The van der Waals surface area contributed by atoms with Crippen molar-refractivity contribution in [1.82, 2.24) is 15.1 Å². The second-order valence-corrected chi connectivity index (χ2v) is 8.12. The van der Waals surface area contributed by atoms with Gasteiger partial charge in [-0.3, -0.25) is 9.79 Å². The van der Waals surface area contributed by atoms with Crippen molar-refractivity contribution in [3.8, 4) is 5.75 Å².